The average Bonchev–Trinajstić information content (AvgIpc) is 3.01. The molecule has 0 aromatic carbocycles. The molecule has 8 heteroatoms. The lowest BCUT2D eigenvalue weighted by molar-refractivity contribution is -0.141. The van der Waals surface area contributed by atoms with Gasteiger partial charge < -0.3 is 20.4 Å². The minimum Gasteiger partial charge on any atom is -0.480 e. The Morgan fingerprint density at radius 2 is 1.91 bits per heavy atom. The molecular weight excluding hydrogens is 440 g/mol. The number of carboxylic acids is 1. The molecule has 0 aliphatic heterocycles. The summed E-state index contributed by atoms with van der Waals surface area (Å²) in [7, 11) is 0. The monoisotopic (exact) mass is 478 g/mol. The minimum atomic E-state index is -1.12. The quantitative estimate of drug-likeness (QED) is 0.345. The molecule has 0 aromatic heterocycles. The number of carbonyl (C=O) groups excluding carboxylic acids is 1. The zero-order valence-electron chi connectivity index (χ0n) is 20.0. The second kappa shape index (κ2) is 8.91. The number of carbonyl (C=O) groups is 2. The van der Waals surface area contributed by atoms with Crippen molar-refractivity contribution in [1.29, 1.82) is 0 Å². The topological polar surface area (TPSA) is 108 Å². The maximum atomic E-state index is 11.9. The summed E-state index contributed by atoms with van der Waals surface area (Å²) in [5, 5.41) is 26.6. The molecule has 3 saturated carbocycles. The van der Waals surface area contributed by atoms with Crippen LogP contribution in [0.15, 0.2) is 16.8 Å². The van der Waals surface area contributed by atoms with Crippen LogP contribution in [0.3, 0.4) is 0 Å². The van der Waals surface area contributed by atoms with Gasteiger partial charge >= 0.3 is 5.97 Å². The molecule has 7 atom stereocenters. The molecule has 0 spiro atoms. The Morgan fingerprint density at radius 1 is 1.18 bits per heavy atom. The van der Waals surface area contributed by atoms with Gasteiger partial charge in [0.25, 0.3) is 5.91 Å². The molecule has 0 saturated heterocycles. The van der Waals surface area contributed by atoms with E-state index in [9.17, 15) is 14.7 Å². The largest absolute Gasteiger partial charge is 0.480 e. The van der Waals surface area contributed by atoms with Gasteiger partial charge in [-0.25, -0.2) is 4.79 Å². The molecule has 0 bridgehead atoms. The van der Waals surface area contributed by atoms with Crippen LogP contribution in [0, 0.1) is 28.6 Å². The van der Waals surface area contributed by atoms with Gasteiger partial charge in [-0.3, -0.25) is 4.79 Å². The Morgan fingerprint density at radius 3 is 2.61 bits per heavy atom. The summed E-state index contributed by atoms with van der Waals surface area (Å²) >= 11 is 3.94. The van der Waals surface area contributed by atoms with Crippen LogP contribution < -0.4 is 5.32 Å². The molecule has 1 amide bonds. The van der Waals surface area contributed by atoms with E-state index in [2.05, 4.69) is 43.0 Å². The van der Waals surface area contributed by atoms with E-state index in [0.29, 0.717) is 17.8 Å². The number of rotatable bonds is 6. The summed E-state index contributed by atoms with van der Waals surface area (Å²) in [5.41, 5.74) is 1.94. The van der Waals surface area contributed by atoms with Crippen LogP contribution in [0.4, 0.5) is 0 Å². The van der Waals surface area contributed by atoms with Gasteiger partial charge in [-0.2, -0.15) is 12.6 Å². The van der Waals surface area contributed by atoms with E-state index in [1.54, 1.807) is 0 Å². The van der Waals surface area contributed by atoms with Gasteiger partial charge in [0.2, 0.25) is 0 Å². The number of carboxylic acid groups (broad SMARTS) is 1. The third kappa shape index (κ3) is 4.22. The maximum absolute atomic E-state index is 11.9. The van der Waals surface area contributed by atoms with E-state index in [0.717, 1.165) is 44.2 Å². The summed E-state index contributed by atoms with van der Waals surface area (Å²) in [5.74, 6) is 0.292. The Kier molecular flexibility index (Phi) is 6.64. The first-order valence-corrected chi connectivity index (χ1v) is 12.9. The highest BCUT2D eigenvalue weighted by atomic mass is 32.1. The third-order valence-electron chi connectivity index (χ3n) is 9.73. The summed E-state index contributed by atoms with van der Waals surface area (Å²) < 4.78 is 0. The lowest BCUT2D eigenvalue weighted by Crippen LogP contribution is -2.53. The fraction of sp³-hybridized carbons (Fsp3) is 0.800. The van der Waals surface area contributed by atoms with Crippen LogP contribution in [-0.2, 0) is 14.4 Å². The van der Waals surface area contributed by atoms with Gasteiger partial charge in [-0.05, 0) is 93.0 Å². The van der Waals surface area contributed by atoms with Crippen molar-refractivity contribution in [1.82, 2.24) is 5.32 Å². The van der Waals surface area contributed by atoms with Crippen molar-refractivity contribution in [3.8, 4) is 0 Å². The highest BCUT2D eigenvalue weighted by molar-refractivity contribution is 7.80. The number of hydrogen-bond acceptors (Lipinski definition) is 6. The summed E-state index contributed by atoms with van der Waals surface area (Å²) in [4.78, 5) is 28.2. The number of amides is 1. The number of allylic oxidation sites excluding steroid dienone is 2. The fourth-order valence-electron chi connectivity index (χ4n) is 7.48. The first kappa shape index (κ1) is 24.6. The number of hydrogen-bond donors (Lipinski definition) is 4. The molecule has 3 N–H and O–H groups in total. The molecule has 4 aliphatic carbocycles. The van der Waals surface area contributed by atoms with Crippen LogP contribution in [0.25, 0.3) is 0 Å². The van der Waals surface area contributed by atoms with Gasteiger partial charge in [0.1, 0.15) is 6.04 Å². The van der Waals surface area contributed by atoms with E-state index in [1.807, 2.05) is 6.92 Å². The molecule has 4 rings (SSSR count). The third-order valence-corrected chi connectivity index (χ3v) is 10.1. The molecule has 7 nitrogen and oxygen atoms in total. The number of aliphatic carboxylic acids is 1. The van der Waals surface area contributed by atoms with E-state index in [-0.39, 0.29) is 23.2 Å². The highest BCUT2D eigenvalue weighted by Gasteiger charge is 2.62. The normalized spacial score (nSPS) is 41.9. The number of fused-ring (bicyclic) bond motifs is 5. The molecule has 184 valence electrons. The van der Waals surface area contributed by atoms with E-state index >= 15 is 0 Å². The smallest absolute Gasteiger partial charge is 0.327 e. The Bertz CT molecular complexity index is 871. The second-order valence-corrected chi connectivity index (χ2v) is 11.6. The molecule has 0 aromatic rings. The molecule has 4 aliphatic rings. The Balaban J connectivity index is 1.41. The molecule has 0 unspecified atom stereocenters. The number of nitrogens with zero attached hydrogens (tertiary/aromatic N) is 1. The van der Waals surface area contributed by atoms with Crippen LogP contribution in [0.1, 0.15) is 72.1 Å². The van der Waals surface area contributed by atoms with E-state index < -0.39 is 23.5 Å². The number of aliphatic hydroxyl groups is 1. The maximum Gasteiger partial charge on any atom is 0.327 e. The zero-order valence-corrected chi connectivity index (χ0v) is 20.9. The van der Waals surface area contributed by atoms with Crippen molar-refractivity contribution in [2.75, 3.05) is 12.4 Å². The van der Waals surface area contributed by atoms with Gasteiger partial charge in [-0.15, -0.1) is 0 Å². The lowest BCUT2D eigenvalue weighted by atomic mass is 9.46. The zero-order chi connectivity index (χ0) is 24.0. The first-order valence-electron chi connectivity index (χ1n) is 12.3. The van der Waals surface area contributed by atoms with Crippen molar-refractivity contribution in [3.05, 3.63) is 11.6 Å². The Hall–Kier alpha value is -1.54. The van der Waals surface area contributed by atoms with Crippen LogP contribution in [0.2, 0.25) is 0 Å². The van der Waals surface area contributed by atoms with Crippen molar-refractivity contribution < 1.29 is 24.6 Å². The predicted molar refractivity (Wildman–Crippen MR) is 129 cm³/mol. The number of thiol groups is 1. The van der Waals surface area contributed by atoms with Gasteiger partial charge in [0.05, 0.1) is 11.3 Å². The fourth-order valence-corrected chi connectivity index (χ4v) is 7.73. The summed E-state index contributed by atoms with van der Waals surface area (Å²) in [6.07, 6.45) is 10.5. The van der Waals surface area contributed by atoms with Gasteiger partial charge in [0.15, 0.2) is 6.61 Å². The Labute approximate surface area is 201 Å². The minimum absolute atomic E-state index is 0.0139. The van der Waals surface area contributed by atoms with Crippen molar-refractivity contribution >= 4 is 30.2 Å². The second-order valence-electron chi connectivity index (χ2n) is 11.3. The van der Waals surface area contributed by atoms with E-state index in [1.165, 1.54) is 18.4 Å². The van der Waals surface area contributed by atoms with Gasteiger partial charge in [0, 0.05) is 5.75 Å². The van der Waals surface area contributed by atoms with Crippen molar-refractivity contribution in [3.63, 3.8) is 0 Å². The molecule has 3 fully saturated rings. The van der Waals surface area contributed by atoms with Crippen molar-refractivity contribution in [2.24, 2.45) is 33.7 Å². The van der Waals surface area contributed by atoms with Crippen LogP contribution in [0.5, 0.6) is 0 Å². The number of oxime groups is 1. The molecular formula is C25H38N2O5S. The molecule has 0 heterocycles. The summed E-state index contributed by atoms with van der Waals surface area (Å²) in [6.45, 7) is 6.47. The van der Waals surface area contributed by atoms with Crippen molar-refractivity contribution in [2.45, 2.75) is 83.8 Å². The lowest BCUT2D eigenvalue weighted by Gasteiger charge is -2.59. The van der Waals surface area contributed by atoms with Gasteiger partial charge in [-0.1, -0.05) is 24.6 Å². The molecule has 0 radical (unpaired) electrons. The van der Waals surface area contributed by atoms with Crippen LogP contribution >= 0.6 is 12.6 Å². The number of nitrogens with one attached hydrogen (secondary N) is 1. The standard InChI is InChI=1S/C25H38N2O5S/c1-23-9-6-16(27-32-13-21(28)26-20(14-33)22(29)30)12-15(23)4-5-17-18(23)7-10-24(2)19(17)8-11-25(24,3)31/h12,17-20,31,33H,4-11,13-14H2,1-3H3,(H,26,28)(H,29,30)/b27-16+/t17-,18+,19+,20+,23+,24+,25+/m1/s1. The predicted octanol–water partition coefficient (Wildman–Crippen LogP) is 3.57. The van der Waals surface area contributed by atoms with Crippen LogP contribution in [-0.4, -0.2) is 51.8 Å². The SMILES string of the molecule is C[C@]12CC/C(=N\OCC(=O)N[C@@H](CS)C(=O)O)C=C1CC[C@@H]1[C@@H]2CC[C@@]2(C)[C@H]1CC[C@]2(C)O. The average molecular weight is 479 g/mol. The van der Waals surface area contributed by atoms with E-state index in [4.69, 9.17) is 9.94 Å². The molecule has 33 heavy (non-hydrogen) atoms. The summed E-state index contributed by atoms with van der Waals surface area (Å²) in [6, 6.07) is -1.04. The highest BCUT2D eigenvalue weighted by Crippen LogP contribution is 2.67. The first-order chi connectivity index (χ1) is 15.5.